The molecule has 31 heavy (non-hydrogen) atoms. The number of hydrogen-bond donors (Lipinski definition) is 0. The van der Waals surface area contributed by atoms with Crippen molar-refractivity contribution in [2.45, 2.75) is 39.7 Å². The van der Waals surface area contributed by atoms with E-state index in [9.17, 15) is 4.79 Å². The molecule has 0 radical (unpaired) electrons. The lowest BCUT2D eigenvalue weighted by molar-refractivity contribution is -0.118. The average Bonchev–Trinajstić information content (AvgIpc) is 3.34. The van der Waals surface area contributed by atoms with Crippen LogP contribution in [0.1, 0.15) is 40.7 Å². The van der Waals surface area contributed by atoms with Gasteiger partial charge in [0.1, 0.15) is 18.1 Å². The average molecular weight is 414 g/mol. The van der Waals surface area contributed by atoms with E-state index in [0.717, 1.165) is 17.7 Å². The molecule has 1 heterocycles. The largest absolute Gasteiger partial charge is 0.497 e. The monoisotopic (exact) mass is 413 g/mol. The molecular formula is C27H27NO3. The van der Waals surface area contributed by atoms with Gasteiger partial charge in [-0.05, 0) is 96.2 Å². The van der Waals surface area contributed by atoms with Crippen molar-refractivity contribution >= 4 is 5.78 Å². The first-order valence-corrected chi connectivity index (χ1v) is 10.8. The van der Waals surface area contributed by atoms with Gasteiger partial charge in [0.25, 0.3) is 0 Å². The van der Waals surface area contributed by atoms with E-state index < -0.39 is 0 Å². The van der Waals surface area contributed by atoms with Gasteiger partial charge in [-0.25, -0.2) is 4.98 Å². The number of ketones is 1. The van der Waals surface area contributed by atoms with Crippen molar-refractivity contribution in [1.29, 1.82) is 0 Å². The van der Waals surface area contributed by atoms with Crippen LogP contribution in [-0.2, 0) is 17.8 Å². The van der Waals surface area contributed by atoms with Crippen LogP contribution in [0.3, 0.4) is 0 Å². The summed E-state index contributed by atoms with van der Waals surface area (Å²) in [5.41, 5.74) is 8.43. The highest BCUT2D eigenvalue weighted by molar-refractivity contribution is 5.84. The smallest absolute Gasteiger partial charge is 0.213 e. The highest BCUT2D eigenvalue weighted by Crippen LogP contribution is 2.61. The minimum Gasteiger partial charge on any atom is -0.497 e. The molecule has 0 saturated heterocycles. The number of carbonyl (C=O) groups excluding carboxylic acids is 1. The van der Waals surface area contributed by atoms with Gasteiger partial charge in [0.05, 0.1) is 7.11 Å². The van der Waals surface area contributed by atoms with Crippen molar-refractivity contribution in [3.05, 3.63) is 76.5 Å². The molecule has 0 spiro atoms. The second-order valence-electron chi connectivity index (χ2n) is 8.88. The van der Waals surface area contributed by atoms with Crippen LogP contribution in [-0.4, -0.2) is 17.9 Å². The Labute approximate surface area is 183 Å². The lowest BCUT2D eigenvalue weighted by Gasteiger charge is -2.14. The molecule has 1 aromatic heterocycles. The Kier molecular flexibility index (Phi) is 4.81. The molecule has 2 aliphatic carbocycles. The van der Waals surface area contributed by atoms with Gasteiger partial charge < -0.3 is 9.47 Å². The molecule has 0 bridgehead atoms. The second-order valence-corrected chi connectivity index (χ2v) is 8.88. The molecule has 1 unspecified atom stereocenters. The molecule has 1 saturated carbocycles. The zero-order chi connectivity index (χ0) is 21.7. The second kappa shape index (κ2) is 7.52. The summed E-state index contributed by atoms with van der Waals surface area (Å²) in [6, 6.07) is 14.7. The number of carbonyl (C=O) groups is 1. The quantitative estimate of drug-likeness (QED) is 0.541. The molecule has 2 aliphatic rings. The summed E-state index contributed by atoms with van der Waals surface area (Å²) in [5.74, 6) is 2.94. The number of fused-ring (bicyclic) bond motifs is 3. The van der Waals surface area contributed by atoms with E-state index >= 15 is 0 Å². The van der Waals surface area contributed by atoms with Crippen molar-refractivity contribution in [3.8, 4) is 22.8 Å². The fraction of sp³-hybridized carbons (Fsp3) is 0.333. The maximum absolute atomic E-state index is 11.7. The van der Waals surface area contributed by atoms with E-state index in [1.165, 1.54) is 33.4 Å². The Morgan fingerprint density at radius 1 is 1.13 bits per heavy atom. The van der Waals surface area contributed by atoms with E-state index in [2.05, 4.69) is 61.3 Å². The third-order valence-electron chi connectivity index (χ3n) is 6.80. The van der Waals surface area contributed by atoms with Crippen LogP contribution in [0.4, 0.5) is 0 Å². The molecule has 0 aliphatic heterocycles. The van der Waals surface area contributed by atoms with Crippen LogP contribution in [0.15, 0.2) is 48.7 Å². The molecular weight excluding hydrogens is 386 g/mol. The van der Waals surface area contributed by atoms with E-state index in [-0.39, 0.29) is 5.92 Å². The van der Waals surface area contributed by atoms with Gasteiger partial charge in [-0.1, -0.05) is 18.2 Å². The molecule has 3 atom stereocenters. The number of ether oxygens (including phenoxy) is 2. The maximum Gasteiger partial charge on any atom is 0.213 e. The molecule has 5 rings (SSSR count). The Morgan fingerprint density at radius 3 is 2.61 bits per heavy atom. The number of aryl methyl sites for hydroxylation is 2. The number of pyridine rings is 1. The van der Waals surface area contributed by atoms with Gasteiger partial charge in [0.15, 0.2) is 0 Å². The molecule has 4 heteroatoms. The zero-order valence-corrected chi connectivity index (χ0v) is 18.4. The van der Waals surface area contributed by atoms with Crippen molar-refractivity contribution < 1.29 is 14.3 Å². The number of Topliss-reactive ketones (excluding diaryl/α,β-unsaturated/α-hetero) is 1. The van der Waals surface area contributed by atoms with Crippen molar-refractivity contribution in [1.82, 2.24) is 4.98 Å². The molecule has 158 valence electrons. The van der Waals surface area contributed by atoms with Crippen molar-refractivity contribution in [2.75, 3.05) is 7.11 Å². The molecule has 3 aromatic rings. The minimum absolute atomic E-state index is 0.216. The van der Waals surface area contributed by atoms with Gasteiger partial charge in [0.2, 0.25) is 5.88 Å². The summed E-state index contributed by atoms with van der Waals surface area (Å²) in [5, 5.41) is 0. The van der Waals surface area contributed by atoms with Crippen LogP contribution in [0.5, 0.6) is 11.6 Å². The first kappa shape index (κ1) is 19.8. The van der Waals surface area contributed by atoms with Crippen LogP contribution in [0, 0.1) is 25.7 Å². The normalized spacial score (nSPS) is 20.7. The number of aromatic nitrogens is 1. The highest BCUT2D eigenvalue weighted by atomic mass is 16.5. The maximum atomic E-state index is 11.7. The molecule has 0 amide bonds. The van der Waals surface area contributed by atoms with E-state index in [0.29, 0.717) is 30.1 Å². The summed E-state index contributed by atoms with van der Waals surface area (Å²) in [6.07, 6.45) is 2.88. The summed E-state index contributed by atoms with van der Waals surface area (Å²) in [7, 11) is 1.70. The molecule has 0 N–H and O–H groups in total. The minimum atomic E-state index is 0.216. The number of hydrogen-bond acceptors (Lipinski definition) is 4. The summed E-state index contributed by atoms with van der Waals surface area (Å²) in [6.45, 7) is 6.40. The lowest BCUT2D eigenvalue weighted by atomic mass is 9.94. The fourth-order valence-corrected chi connectivity index (χ4v) is 5.37. The Morgan fingerprint density at radius 2 is 1.90 bits per heavy atom. The SMILES string of the molecule is COc1cc(C)c(-c2cccc(COc3cc4c(cn3)C3[C@@H](C4)[C@@H]3C(C)=O)c2)c(C)c1. The van der Waals surface area contributed by atoms with E-state index in [4.69, 9.17) is 9.47 Å². The predicted molar refractivity (Wildman–Crippen MR) is 121 cm³/mol. The number of benzene rings is 2. The molecule has 4 nitrogen and oxygen atoms in total. The number of nitrogens with zero attached hydrogens (tertiary/aromatic N) is 1. The van der Waals surface area contributed by atoms with Crippen LogP contribution in [0.2, 0.25) is 0 Å². The molecule has 1 fully saturated rings. The first-order chi connectivity index (χ1) is 15.0. The fourth-order valence-electron chi connectivity index (χ4n) is 5.37. The van der Waals surface area contributed by atoms with Gasteiger partial charge in [-0.3, -0.25) is 4.79 Å². The summed E-state index contributed by atoms with van der Waals surface area (Å²) in [4.78, 5) is 16.2. The third-order valence-corrected chi connectivity index (χ3v) is 6.80. The summed E-state index contributed by atoms with van der Waals surface area (Å²) >= 11 is 0. The van der Waals surface area contributed by atoms with Crippen molar-refractivity contribution in [3.63, 3.8) is 0 Å². The standard InChI is InChI=1S/C27H27NO3/c1-15-8-21(30-4)9-16(2)25(15)19-7-5-6-18(10-19)14-31-24-12-20-11-22-26(17(3)29)27(22)23(20)13-28-24/h5-10,12-13,22,26-27H,11,14H2,1-4H3/t22-,26-,27?/m0/s1. The lowest BCUT2D eigenvalue weighted by Crippen LogP contribution is -2.04. The van der Waals surface area contributed by atoms with E-state index in [1.54, 1.807) is 14.0 Å². The molecule has 2 aromatic carbocycles. The first-order valence-electron chi connectivity index (χ1n) is 10.8. The van der Waals surface area contributed by atoms with Crippen LogP contribution < -0.4 is 9.47 Å². The van der Waals surface area contributed by atoms with Crippen LogP contribution in [0.25, 0.3) is 11.1 Å². The van der Waals surface area contributed by atoms with Gasteiger partial charge in [-0.2, -0.15) is 0 Å². The Balaban J connectivity index is 1.31. The van der Waals surface area contributed by atoms with E-state index in [1.807, 2.05) is 6.20 Å². The predicted octanol–water partition coefficient (Wildman–Crippen LogP) is 5.43. The Hall–Kier alpha value is -3.14. The van der Waals surface area contributed by atoms with Crippen LogP contribution >= 0.6 is 0 Å². The third kappa shape index (κ3) is 3.50. The van der Waals surface area contributed by atoms with Gasteiger partial charge >= 0.3 is 0 Å². The highest BCUT2D eigenvalue weighted by Gasteiger charge is 2.58. The van der Waals surface area contributed by atoms with Crippen molar-refractivity contribution in [2.24, 2.45) is 11.8 Å². The van der Waals surface area contributed by atoms with Gasteiger partial charge in [0, 0.05) is 18.2 Å². The zero-order valence-electron chi connectivity index (χ0n) is 18.4. The summed E-state index contributed by atoms with van der Waals surface area (Å²) < 4.78 is 11.4. The van der Waals surface area contributed by atoms with Gasteiger partial charge in [-0.15, -0.1) is 0 Å². The number of rotatable bonds is 6. The number of methoxy groups -OCH3 is 1. The topological polar surface area (TPSA) is 48.4 Å². The Bertz CT molecular complexity index is 1160.